The third-order valence-electron chi connectivity index (χ3n) is 4.21. The second-order valence-electron chi connectivity index (χ2n) is 6.50. The summed E-state index contributed by atoms with van der Waals surface area (Å²) in [6.45, 7) is 0. The molecule has 4 nitrogen and oxygen atoms in total. The Morgan fingerprint density at radius 3 is 2.06 bits per heavy atom. The Bertz CT molecular complexity index is 1130. The van der Waals surface area contributed by atoms with Crippen molar-refractivity contribution in [2.45, 2.75) is 12.3 Å². The summed E-state index contributed by atoms with van der Waals surface area (Å²) in [6, 6.07) is 22.0. The van der Waals surface area contributed by atoms with Crippen molar-refractivity contribution in [2.75, 3.05) is 7.11 Å². The second-order valence-corrected chi connectivity index (χ2v) is 6.50. The van der Waals surface area contributed by atoms with Gasteiger partial charge < -0.3 is 9.47 Å². The molecule has 0 radical (unpaired) electrons. The van der Waals surface area contributed by atoms with Crippen LogP contribution in [0.15, 0.2) is 89.9 Å². The van der Waals surface area contributed by atoms with Crippen LogP contribution < -0.4 is 4.74 Å². The monoisotopic (exact) mass is 437 g/mol. The van der Waals surface area contributed by atoms with E-state index in [2.05, 4.69) is 16.8 Å². The zero-order valence-electron chi connectivity index (χ0n) is 17.0. The van der Waals surface area contributed by atoms with E-state index in [1.807, 2.05) is 0 Å². The second kappa shape index (κ2) is 10.3. The number of nitrogens with zero attached hydrogens (tertiary/aromatic N) is 1. The molecule has 0 aliphatic carbocycles. The molecule has 0 saturated heterocycles. The van der Waals surface area contributed by atoms with Gasteiger partial charge in [0.1, 0.15) is 11.5 Å². The van der Waals surface area contributed by atoms with Crippen molar-refractivity contribution >= 4 is 17.4 Å². The molecular formula is C25H18F3NO3. The molecule has 0 heterocycles. The average Bonchev–Trinajstić information content (AvgIpc) is 2.81. The number of aliphatic imine (C=N–C) groups is 1. The first kappa shape index (κ1) is 22.6. The van der Waals surface area contributed by atoms with Crippen molar-refractivity contribution in [3.63, 3.8) is 0 Å². The first-order chi connectivity index (χ1) is 15.4. The summed E-state index contributed by atoms with van der Waals surface area (Å²) in [5.74, 6) is 4.49. The van der Waals surface area contributed by atoms with E-state index < -0.39 is 24.0 Å². The molecule has 32 heavy (non-hydrogen) atoms. The summed E-state index contributed by atoms with van der Waals surface area (Å²) >= 11 is 0. The number of halogens is 3. The molecule has 1 atom stereocenters. The lowest BCUT2D eigenvalue weighted by Crippen LogP contribution is -2.40. The molecular weight excluding hydrogens is 419 g/mol. The van der Waals surface area contributed by atoms with Crippen LogP contribution in [0.25, 0.3) is 0 Å². The number of ether oxygens (including phenoxy) is 2. The van der Waals surface area contributed by atoms with Crippen LogP contribution in [0.4, 0.5) is 18.9 Å². The van der Waals surface area contributed by atoms with E-state index in [9.17, 15) is 18.0 Å². The van der Waals surface area contributed by atoms with E-state index >= 15 is 0 Å². The van der Waals surface area contributed by atoms with E-state index in [0.717, 1.165) is 0 Å². The predicted molar refractivity (Wildman–Crippen MR) is 115 cm³/mol. The van der Waals surface area contributed by atoms with Crippen LogP contribution >= 0.6 is 0 Å². The van der Waals surface area contributed by atoms with Crippen LogP contribution in [-0.2, 0) is 4.74 Å². The average molecular weight is 437 g/mol. The molecule has 3 rings (SSSR count). The fraction of sp³-hybridized carbons (Fsp3) is 0.120. The fourth-order valence-corrected chi connectivity index (χ4v) is 2.63. The van der Waals surface area contributed by atoms with Gasteiger partial charge in [0.05, 0.1) is 18.4 Å². The van der Waals surface area contributed by atoms with Gasteiger partial charge in [0.15, 0.2) is 0 Å². The maximum absolute atomic E-state index is 13.9. The number of hydrogen-bond acceptors (Lipinski definition) is 4. The number of esters is 1. The topological polar surface area (TPSA) is 47.9 Å². The molecule has 3 aromatic rings. The highest BCUT2D eigenvalue weighted by atomic mass is 19.4. The minimum atomic E-state index is -4.93. The molecule has 0 fully saturated rings. The quantitative estimate of drug-likeness (QED) is 0.296. The summed E-state index contributed by atoms with van der Waals surface area (Å²) in [5, 5.41) is 0. The Kier molecular flexibility index (Phi) is 7.29. The van der Waals surface area contributed by atoms with Crippen molar-refractivity contribution in [2.24, 2.45) is 4.99 Å². The molecule has 0 amide bonds. The Morgan fingerprint density at radius 2 is 1.50 bits per heavy atom. The molecule has 162 valence electrons. The molecule has 0 saturated carbocycles. The van der Waals surface area contributed by atoms with Gasteiger partial charge in [0, 0.05) is 5.56 Å². The fourth-order valence-electron chi connectivity index (χ4n) is 2.63. The van der Waals surface area contributed by atoms with E-state index in [4.69, 9.17) is 9.47 Å². The standard InChI is InChI=1S/C25H18F3NO3/c1-31-21-15-13-20(14-16-21)29-22(17-12-18-8-4-2-5-9-18)23(25(26,27)28)32-24(30)19-10-6-3-7-11-19/h2-11,13-16,23H,1H3. The lowest BCUT2D eigenvalue weighted by molar-refractivity contribution is -0.182. The molecule has 0 N–H and O–H groups in total. The van der Waals surface area contributed by atoms with Gasteiger partial charge in [-0.25, -0.2) is 9.79 Å². The van der Waals surface area contributed by atoms with Gasteiger partial charge in [-0.05, 0) is 54.5 Å². The SMILES string of the molecule is COc1ccc(N=C(C#Cc2ccccc2)C(OC(=O)c2ccccc2)C(F)(F)F)cc1. The molecule has 3 aromatic carbocycles. The van der Waals surface area contributed by atoms with Gasteiger partial charge in [-0.3, -0.25) is 0 Å². The molecule has 0 aliphatic heterocycles. The molecule has 0 spiro atoms. The van der Waals surface area contributed by atoms with Crippen LogP contribution in [0.5, 0.6) is 5.75 Å². The van der Waals surface area contributed by atoms with Crippen LogP contribution in [0.1, 0.15) is 15.9 Å². The highest BCUT2D eigenvalue weighted by Gasteiger charge is 2.46. The lowest BCUT2D eigenvalue weighted by atomic mass is 10.1. The molecule has 7 heteroatoms. The minimum absolute atomic E-state index is 0.0124. The Hall–Kier alpha value is -4.05. The lowest BCUT2D eigenvalue weighted by Gasteiger charge is -2.20. The number of benzene rings is 3. The zero-order valence-corrected chi connectivity index (χ0v) is 17.0. The summed E-state index contributed by atoms with van der Waals surface area (Å²) in [7, 11) is 1.47. The summed E-state index contributed by atoms with van der Waals surface area (Å²) in [4.78, 5) is 16.4. The van der Waals surface area contributed by atoms with Gasteiger partial charge >= 0.3 is 12.1 Å². The number of rotatable bonds is 5. The van der Waals surface area contributed by atoms with E-state index in [1.54, 1.807) is 48.5 Å². The Labute approximate surface area is 183 Å². The third-order valence-corrected chi connectivity index (χ3v) is 4.21. The first-order valence-electron chi connectivity index (χ1n) is 9.49. The summed E-state index contributed by atoms with van der Waals surface area (Å²) < 4.78 is 51.7. The number of alkyl halides is 3. The summed E-state index contributed by atoms with van der Waals surface area (Å²) in [6.07, 6.45) is -7.57. The highest BCUT2D eigenvalue weighted by Crippen LogP contribution is 2.27. The van der Waals surface area contributed by atoms with Crippen molar-refractivity contribution in [1.29, 1.82) is 0 Å². The number of hydrogen-bond donors (Lipinski definition) is 0. The van der Waals surface area contributed by atoms with Crippen LogP contribution in [0, 0.1) is 11.8 Å². The van der Waals surface area contributed by atoms with Gasteiger partial charge in [0.2, 0.25) is 6.10 Å². The van der Waals surface area contributed by atoms with Crippen molar-refractivity contribution in [1.82, 2.24) is 0 Å². The molecule has 0 bridgehead atoms. The smallest absolute Gasteiger partial charge is 0.432 e. The maximum Gasteiger partial charge on any atom is 0.432 e. The van der Waals surface area contributed by atoms with Crippen molar-refractivity contribution < 1.29 is 27.4 Å². The molecule has 0 aromatic heterocycles. The Morgan fingerprint density at radius 1 is 0.906 bits per heavy atom. The van der Waals surface area contributed by atoms with Gasteiger partial charge in [0.25, 0.3) is 0 Å². The highest BCUT2D eigenvalue weighted by molar-refractivity contribution is 6.07. The van der Waals surface area contributed by atoms with E-state index in [1.165, 1.54) is 43.5 Å². The maximum atomic E-state index is 13.9. The van der Waals surface area contributed by atoms with Gasteiger partial charge in [-0.1, -0.05) is 42.3 Å². The van der Waals surface area contributed by atoms with Crippen molar-refractivity contribution in [3.05, 3.63) is 96.1 Å². The third kappa shape index (κ3) is 6.22. The van der Waals surface area contributed by atoms with Crippen LogP contribution in [0.2, 0.25) is 0 Å². The number of methoxy groups -OCH3 is 1. The number of carbonyl (C=O) groups excluding carboxylic acids is 1. The largest absolute Gasteiger partial charge is 0.497 e. The predicted octanol–water partition coefficient (Wildman–Crippen LogP) is 5.61. The van der Waals surface area contributed by atoms with Gasteiger partial charge in [-0.15, -0.1) is 0 Å². The van der Waals surface area contributed by atoms with Gasteiger partial charge in [-0.2, -0.15) is 13.2 Å². The Balaban J connectivity index is 2.03. The molecule has 0 aliphatic rings. The van der Waals surface area contributed by atoms with Crippen molar-refractivity contribution in [3.8, 4) is 17.6 Å². The number of carbonyl (C=O) groups is 1. The zero-order chi connectivity index (χ0) is 23.0. The summed E-state index contributed by atoms with van der Waals surface area (Å²) in [5.41, 5.74) is 0.0378. The molecule has 1 unspecified atom stereocenters. The van der Waals surface area contributed by atoms with E-state index in [-0.39, 0.29) is 11.3 Å². The minimum Gasteiger partial charge on any atom is -0.497 e. The van der Waals surface area contributed by atoms with Crippen LogP contribution in [0.3, 0.4) is 0 Å². The van der Waals surface area contributed by atoms with Crippen LogP contribution in [-0.4, -0.2) is 31.1 Å². The normalized spacial score (nSPS) is 12.3. The van der Waals surface area contributed by atoms with E-state index in [0.29, 0.717) is 11.3 Å². The first-order valence-corrected chi connectivity index (χ1v) is 9.49.